The van der Waals surface area contributed by atoms with Crippen molar-refractivity contribution >= 4 is 41.4 Å². The number of carbonyl (C=O) groups is 5. The van der Waals surface area contributed by atoms with Gasteiger partial charge in [0.05, 0.1) is 12.6 Å². The lowest BCUT2D eigenvalue weighted by molar-refractivity contribution is -0.142. The maximum Gasteiger partial charge on any atom is 0.326 e. The molecular formula is C32H45N5O9S. The minimum atomic E-state index is -1.43. The molecule has 258 valence electrons. The number of carboxylic acid groups (broad SMARTS) is 1. The molecule has 0 aliphatic carbocycles. The van der Waals surface area contributed by atoms with Crippen LogP contribution in [0.15, 0.2) is 48.5 Å². The Bertz CT molecular complexity index is 1340. The molecule has 0 unspecified atom stereocenters. The van der Waals surface area contributed by atoms with E-state index < -0.39 is 66.4 Å². The Balaban J connectivity index is 2.12. The number of carboxylic acids is 1. The molecule has 2 rings (SSSR count). The molecule has 5 atom stereocenters. The van der Waals surface area contributed by atoms with Gasteiger partial charge < -0.3 is 47.4 Å². The van der Waals surface area contributed by atoms with Crippen molar-refractivity contribution in [2.24, 2.45) is 11.7 Å². The fourth-order valence-electron chi connectivity index (χ4n) is 4.54. The Hall–Kier alpha value is -4.34. The second-order valence-corrected chi connectivity index (χ2v) is 12.5. The maximum atomic E-state index is 13.5. The van der Waals surface area contributed by atoms with Gasteiger partial charge in [-0.25, -0.2) is 4.79 Å². The molecule has 0 spiro atoms. The highest BCUT2D eigenvalue weighted by molar-refractivity contribution is 7.98. The first-order valence-corrected chi connectivity index (χ1v) is 16.5. The second-order valence-electron chi connectivity index (χ2n) is 11.5. The zero-order valence-corrected chi connectivity index (χ0v) is 27.5. The third-order valence-electron chi connectivity index (χ3n) is 7.12. The second kappa shape index (κ2) is 19.4. The van der Waals surface area contributed by atoms with Crippen LogP contribution in [0, 0.1) is 5.92 Å². The average molecular weight is 676 g/mol. The van der Waals surface area contributed by atoms with Crippen molar-refractivity contribution in [3.05, 3.63) is 59.7 Å². The molecule has 2 aromatic carbocycles. The molecule has 15 heteroatoms. The summed E-state index contributed by atoms with van der Waals surface area (Å²) in [5.74, 6) is -3.85. The van der Waals surface area contributed by atoms with Crippen molar-refractivity contribution in [3.8, 4) is 11.5 Å². The van der Waals surface area contributed by atoms with Crippen LogP contribution in [0.3, 0.4) is 0 Å². The molecule has 0 fully saturated rings. The average Bonchev–Trinajstić information content (AvgIpc) is 3.02. The van der Waals surface area contributed by atoms with Crippen LogP contribution in [0.1, 0.15) is 37.8 Å². The normalized spacial score (nSPS) is 14.3. The topological polar surface area (TPSA) is 240 Å². The highest BCUT2D eigenvalue weighted by Crippen LogP contribution is 2.13. The van der Waals surface area contributed by atoms with E-state index in [9.17, 15) is 44.4 Å². The highest BCUT2D eigenvalue weighted by Gasteiger charge is 2.32. The maximum absolute atomic E-state index is 13.5. The van der Waals surface area contributed by atoms with Gasteiger partial charge >= 0.3 is 5.97 Å². The number of amides is 4. The van der Waals surface area contributed by atoms with Crippen molar-refractivity contribution in [2.45, 2.75) is 69.7 Å². The van der Waals surface area contributed by atoms with Crippen LogP contribution >= 0.6 is 11.8 Å². The lowest BCUT2D eigenvalue weighted by Gasteiger charge is -2.27. The lowest BCUT2D eigenvalue weighted by atomic mass is 10.0. The zero-order chi connectivity index (χ0) is 35.1. The van der Waals surface area contributed by atoms with Gasteiger partial charge in [-0.15, -0.1) is 0 Å². The van der Waals surface area contributed by atoms with Gasteiger partial charge in [-0.2, -0.15) is 11.8 Å². The number of rotatable bonds is 19. The standard InChI is InChI=1S/C32H45N5O9S/c1-18(2)14-25(35-31(44)27(17-38)37-28(41)23(33)15-19-4-8-21(39)9-5-19)30(43)34-24(12-13-47-3)29(42)36-26(32(45)46)16-20-6-10-22(40)11-7-20/h4-11,18,23-27,38-40H,12-17,33H2,1-3H3,(H,34,43)(H,35,44)(H,36,42)(H,37,41)(H,45,46)/t23-,24-,25-,26-,27-/m0/s1. The summed E-state index contributed by atoms with van der Waals surface area (Å²) in [5.41, 5.74) is 7.22. The minimum absolute atomic E-state index is 0.00873. The van der Waals surface area contributed by atoms with Crippen LogP contribution in [-0.2, 0) is 36.8 Å². The van der Waals surface area contributed by atoms with Gasteiger partial charge in [0.25, 0.3) is 0 Å². The van der Waals surface area contributed by atoms with Gasteiger partial charge in [0, 0.05) is 6.42 Å². The predicted octanol–water partition coefficient (Wildman–Crippen LogP) is 0.0256. The minimum Gasteiger partial charge on any atom is -0.508 e. The van der Waals surface area contributed by atoms with E-state index in [2.05, 4.69) is 21.3 Å². The quantitative estimate of drug-likeness (QED) is 0.0962. The summed E-state index contributed by atoms with van der Waals surface area (Å²) in [4.78, 5) is 64.5. The number of aliphatic hydroxyl groups excluding tert-OH is 1. The fourth-order valence-corrected chi connectivity index (χ4v) is 5.02. The summed E-state index contributed by atoms with van der Waals surface area (Å²) in [6, 6.07) is 5.85. The lowest BCUT2D eigenvalue weighted by Crippen LogP contribution is -2.59. The Morgan fingerprint density at radius 2 is 1.15 bits per heavy atom. The molecule has 10 N–H and O–H groups in total. The molecule has 0 aromatic heterocycles. The molecule has 0 aliphatic heterocycles. The first-order chi connectivity index (χ1) is 22.2. The van der Waals surface area contributed by atoms with Crippen LogP contribution in [0.25, 0.3) is 0 Å². The first-order valence-electron chi connectivity index (χ1n) is 15.1. The van der Waals surface area contributed by atoms with Crippen LogP contribution in [0.4, 0.5) is 0 Å². The van der Waals surface area contributed by atoms with Crippen molar-refractivity contribution in [3.63, 3.8) is 0 Å². The number of aromatic hydroxyl groups is 2. The van der Waals surface area contributed by atoms with Gasteiger partial charge in [0.15, 0.2) is 0 Å². The number of benzene rings is 2. The first kappa shape index (κ1) is 38.8. The number of nitrogens with one attached hydrogen (secondary N) is 4. The van der Waals surface area contributed by atoms with Crippen molar-refractivity contribution in [1.29, 1.82) is 0 Å². The zero-order valence-electron chi connectivity index (χ0n) is 26.6. The smallest absolute Gasteiger partial charge is 0.326 e. The summed E-state index contributed by atoms with van der Waals surface area (Å²) in [6.45, 7) is 2.85. The Kier molecular flexibility index (Phi) is 16.0. The molecule has 0 aliphatic rings. The number of phenolic OH excluding ortho intramolecular Hbond substituents is 2. The SMILES string of the molecule is CSCC[C@H](NC(=O)[C@H](CC(C)C)NC(=O)[C@H](CO)NC(=O)[C@@H](N)Cc1ccc(O)cc1)C(=O)N[C@@H](Cc1ccc(O)cc1)C(=O)O. The van der Waals surface area contributed by atoms with Gasteiger partial charge in [-0.1, -0.05) is 38.1 Å². The van der Waals surface area contributed by atoms with Gasteiger partial charge in [-0.05, 0) is 72.6 Å². The summed E-state index contributed by atoms with van der Waals surface area (Å²) in [7, 11) is 0. The molecular weight excluding hydrogens is 630 g/mol. The van der Waals surface area contributed by atoms with Crippen LogP contribution < -0.4 is 27.0 Å². The molecule has 0 radical (unpaired) electrons. The van der Waals surface area contributed by atoms with Crippen molar-refractivity contribution in [1.82, 2.24) is 21.3 Å². The molecule has 0 saturated heterocycles. The molecule has 4 amide bonds. The van der Waals surface area contributed by atoms with Crippen molar-refractivity contribution in [2.75, 3.05) is 18.6 Å². The number of thioether (sulfide) groups is 1. The molecule has 0 saturated carbocycles. The molecule has 0 heterocycles. The summed E-state index contributed by atoms with van der Waals surface area (Å²) >= 11 is 1.42. The summed E-state index contributed by atoms with van der Waals surface area (Å²) in [5, 5.41) is 48.6. The van der Waals surface area contributed by atoms with Crippen LogP contribution in [0.2, 0.25) is 0 Å². The van der Waals surface area contributed by atoms with Crippen molar-refractivity contribution < 1.29 is 44.4 Å². The van der Waals surface area contributed by atoms with E-state index in [1.807, 2.05) is 20.1 Å². The molecule has 14 nitrogen and oxygen atoms in total. The third-order valence-corrected chi connectivity index (χ3v) is 7.76. The van der Waals surface area contributed by atoms with E-state index in [4.69, 9.17) is 5.73 Å². The van der Waals surface area contributed by atoms with E-state index in [1.165, 1.54) is 48.2 Å². The van der Waals surface area contributed by atoms with E-state index in [0.29, 0.717) is 16.9 Å². The van der Waals surface area contributed by atoms with Gasteiger partial charge in [-0.3, -0.25) is 19.2 Å². The number of aliphatic carboxylic acids is 1. The van der Waals surface area contributed by atoms with Gasteiger partial charge in [0.2, 0.25) is 23.6 Å². The number of carbonyl (C=O) groups excluding carboxylic acids is 4. The number of aliphatic hydroxyl groups is 1. The molecule has 0 bridgehead atoms. The Morgan fingerprint density at radius 1 is 0.702 bits per heavy atom. The van der Waals surface area contributed by atoms with Crippen LogP contribution in [0.5, 0.6) is 11.5 Å². The Labute approximate surface area is 277 Å². The summed E-state index contributed by atoms with van der Waals surface area (Å²) < 4.78 is 0. The number of hydrogen-bond acceptors (Lipinski definition) is 10. The monoisotopic (exact) mass is 675 g/mol. The number of phenols is 2. The van der Waals surface area contributed by atoms with E-state index in [-0.39, 0.29) is 43.1 Å². The highest BCUT2D eigenvalue weighted by atomic mass is 32.2. The number of nitrogens with two attached hydrogens (primary N) is 1. The van der Waals surface area contributed by atoms with E-state index in [0.717, 1.165) is 0 Å². The molecule has 47 heavy (non-hydrogen) atoms. The third kappa shape index (κ3) is 13.5. The van der Waals surface area contributed by atoms with Crippen LogP contribution in [-0.4, -0.2) is 98.8 Å². The number of hydrogen-bond donors (Lipinski definition) is 9. The summed E-state index contributed by atoms with van der Waals surface area (Å²) in [6.07, 6.45) is 2.16. The fraction of sp³-hybridized carbons (Fsp3) is 0.469. The largest absolute Gasteiger partial charge is 0.508 e. The molecule has 2 aromatic rings. The van der Waals surface area contributed by atoms with E-state index in [1.54, 1.807) is 12.1 Å². The predicted molar refractivity (Wildman–Crippen MR) is 176 cm³/mol. The van der Waals surface area contributed by atoms with E-state index >= 15 is 0 Å². The van der Waals surface area contributed by atoms with Gasteiger partial charge in [0.1, 0.15) is 35.7 Å². The Morgan fingerprint density at radius 3 is 1.64 bits per heavy atom.